The monoisotopic (exact) mass is 276 g/mol. The highest BCUT2D eigenvalue weighted by Crippen LogP contribution is 2.18. The zero-order chi connectivity index (χ0) is 14.2. The quantitative estimate of drug-likeness (QED) is 0.664. The van der Waals surface area contributed by atoms with Crippen molar-refractivity contribution in [3.63, 3.8) is 0 Å². The smallest absolute Gasteiger partial charge is 0.0716 e. The Hall–Kier alpha value is -0.900. The molecule has 1 N–H and O–H groups in total. The number of nitrogens with zero attached hydrogens (tertiary/aromatic N) is 1. The summed E-state index contributed by atoms with van der Waals surface area (Å²) in [7, 11) is 4.19. The number of nitrogens with one attached hydrogen (secondary N) is 1. The number of hydrogen-bond donors (Lipinski definition) is 1. The van der Waals surface area contributed by atoms with E-state index in [4.69, 9.17) is 4.74 Å². The molecule has 2 rings (SSSR count). The number of ether oxygens (including phenoxy) is 1. The highest BCUT2D eigenvalue weighted by Gasteiger charge is 2.19. The van der Waals surface area contributed by atoms with Crippen molar-refractivity contribution < 1.29 is 4.74 Å². The Bertz CT molecular complexity index is 371. The van der Waals surface area contributed by atoms with Crippen LogP contribution in [0, 0.1) is 0 Å². The molecule has 1 aromatic carbocycles. The molecule has 3 nitrogen and oxygen atoms in total. The average Bonchev–Trinajstić information content (AvgIpc) is 3.24. The Morgan fingerprint density at radius 1 is 1.15 bits per heavy atom. The Morgan fingerprint density at radius 3 is 2.50 bits per heavy atom. The lowest BCUT2D eigenvalue weighted by molar-refractivity contribution is 0.113. The number of rotatable bonds is 10. The minimum atomic E-state index is 0.730. The van der Waals surface area contributed by atoms with Crippen molar-refractivity contribution >= 4 is 0 Å². The lowest BCUT2D eigenvalue weighted by atomic mass is 10.1. The predicted molar refractivity (Wildman–Crippen MR) is 84.0 cm³/mol. The fraction of sp³-hybridized carbons (Fsp3) is 0.647. The molecule has 1 aromatic rings. The third-order valence-corrected chi connectivity index (χ3v) is 3.61. The van der Waals surface area contributed by atoms with E-state index in [2.05, 4.69) is 48.6 Å². The first-order valence-corrected chi connectivity index (χ1v) is 7.78. The normalized spacial score (nSPS) is 14.9. The Morgan fingerprint density at radius 2 is 1.85 bits per heavy atom. The summed E-state index contributed by atoms with van der Waals surface area (Å²) in [5.74, 6) is 0. The standard InChI is InChI=1S/C17H28N2O/c1-19(2)12-3-13-20-14-16-6-4-15(5-7-16)10-11-18-17-8-9-17/h4-7,17-18H,3,8-14H2,1-2H3. The van der Waals surface area contributed by atoms with Crippen LogP contribution in [0.4, 0.5) is 0 Å². The van der Waals surface area contributed by atoms with Gasteiger partial charge in [0.05, 0.1) is 6.61 Å². The first-order valence-electron chi connectivity index (χ1n) is 7.78. The lowest BCUT2D eigenvalue weighted by Crippen LogP contribution is -2.19. The van der Waals surface area contributed by atoms with Gasteiger partial charge in [-0.1, -0.05) is 24.3 Å². The first-order chi connectivity index (χ1) is 9.74. The van der Waals surface area contributed by atoms with E-state index < -0.39 is 0 Å². The molecule has 0 spiro atoms. The minimum Gasteiger partial charge on any atom is -0.377 e. The van der Waals surface area contributed by atoms with Crippen LogP contribution in [0.3, 0.4) is 0 Å². The molecule has 0 unspecified atom stereocenters. The summed E-state index contributed by atoms with van der Waals surface area (Å²) >= 11 is 0. The van der Waals surface area contributed by atoms with Crippen molar-refractivity contribution in [2.45, 2.75) is 38.3 Å². The van der Waals surface area contributed by atoms with E-state index >= 15 is 0 Å². The maximum absolute atomic E-state index is 5.69. The van der Waals surface area contributed by atoms with Crippen molar-refractivity contribution in [2.24, 2.45) is 0 Å². The van der Waals surface area contributed by atoms with Gasteiger partial charge in [-0.3, -0.25) is 0 Å². The van der Waals surface area contributed by atoms with Crippen LogP contribution in [-0.4, -0.2) is 44.7 Å². The van der Waals surface area contributed by atoms with Gasteiger partial charge in [-0.2, -0.15) is 0 Å². The van der Waals surface area contributed by atoms with Crippen LogP contribution in [0.1, 0.15) is 30.4 Å². The molecule has 20 heavy (non-hydrogen) atoms. The fourth-order valence-electron chi connectivity index (χ4n) is 2.18. The molecule has 0 radical (unpaired) electrons. The van der Waals surface area contributed by atoms with E-state index in [9.17, 15) is 0 Å². The molecule has 0 saturated heterocycles. The fourth-order valence-corrected chi connectivity index (χ4v) is 2.18. The molecular weight excluding hydrogens is 248 g/mol. The summed E-state index contributed by atoms with van der Waals surface area (Å²) in [6.45, 7) is 3.76. The summed E-state index contributed by atoms with van der Waals surface area (Å²) in [6, 6.07) is 9.65. The second kappa shape index (κ2) is 8.40. The largest absolute Gasteiger partial charge is 0.377 e. The second-order valence-corrected chi connectivity index (χ2v) is 6.00. The van der Waals surface area contributed by atoms with Crippen molar-refractivity contribution in [2.75, 3.05) is 33.8 Å². The summed E-state index contributed by atoms with van der Waals surface area (Å²) in [6.07, 6.45) is 4.95. The average molecular weight is 276 g/mol. The molecule has 0 aliphatic heterocycles. The topological polar surface area (TPSA) is 24.5 Å². The van der Waals surface area contributed by atoms with Gasteiger partial charge in [0.15, 0.2) is 0 Å². The van der Waals surface area contributed by atoms with Gasteiger partial charge in [0.1, 0.15) is 0 Å². The molecule has 0 bridgehead atoms. The van der Waals surface area contributed by atoms with Gasteiger partial charge >= 0.3 is 0 Å². The third kappa shape index (κ3) is 6.51. The Labute approximate surface area is 123 Å². The molecule has 1 saturated carbocycles. The highest BCUT2D eigenvalue weighted by molar-refractivity contribution is 5.22. The van der Waals surface area contributed by atoms with Crippen LogP contribution < -0.4 is 5.32 Å². The van der Waals surface area contributed by atoms with Crippen molar-refractivity contribution in [1.82, 2.24) is 10.2 Å². The van der Waals surface area contributed by atoms with E-state index in [1.54, 1.807) is 0 Å². The van der Waals surface area contributed by atoms with Crippen LogP contribution in [0.2, 0.25) is 0 Å². The molecule has 1 fully saturated rings. The SMILES string of the molecule is CN(C)CCCOCc1ccc(CCNC2CC2)cc1. The summed E-state index contributed by atoms with van der Waals surface area (Å²) in [5, 5.41) is 3.55. The Kier molecular flexibility index (Phi) is 6.51. The van der Waals surface area contributed by atoms with Gasteiger partial charge in [-0.05, 0) is 64.0 Å². The molecular formula is C17H28N2O. The molecule has 0 atom stereocenters. The molecule has 0 aromatic heterocycles. The molecule has 0 heterocycles. The van der Waals surface area contributed by atoms with Gasteiger partial charge < -0.3 is 15.0 Å². The molecule has 1 aliphatic carbocycles. The van der Waals surface area contributed by atoms with E-state index in [0.29, 0.717) is 0 Å². The molecule has 3 heteroatoms. The van der Waals surface area contributed by atoms with Crippen molar-refractivity contribution in [3.8, 4) is 0 Å². The predicted octanol–water partition coefficient (Wildman–Crippen LogP) is 2.45. The van der Waals surface area contributed by atoms with Crippen LogP contribution in [0.25, 0.3) is 0 Å². The maximum atomic E-state index is 5.69. The van der Waals surface area contributed by atoms with E-state index in [1.165, 1.54) is 24.0 Å². The van der Waals surface area contributed by atoms with E-state index in [-0.39, 0.29) is 0 Å². The molecule has 0 amide bonds. The zero-order valence-electron chi connectivity index (χ0n) is 12.9. The van der Waals surface area contributed by atoms with Gasteiger partial charge in [0.25, 0.3) is 0 Å². The summed E-state index contributed by atoms with van der Waals surface area (Å²) in [4.78, 5) is 2.19. The van der Waals surface area contributed by atoms with Gasteiger partial charge in [0, 0.05) is 12.6 Å². The maximum Gasteiger partial charge on any atom is 0.0716 e. The van der Waals surface area contributed by atoms with Crippen LogP contribution in [0.15, 0.2) is 24.3 Å². The highest BCUT2D eigenvalue weighted by atomic mass is 16.5. The minimum absolute atomic E-state index is 0.730. The van der Waals surface area contributed by atoms with E-state index in [0.717, 1.165) is 45.2 Å². The third-order valence-electron chi connectivity index (χ3n) is 3.61. The molecule has 112 valence electrons. The Balaban J connectivity index is 1.58. The van der Waals surface area contributed by atoms with Crippen LogP contribution in [-0.2, 0) is 17.8 Å². The van der Waals surface area contributed by atoms with Crippen LogP contribution in [0.5, 0.6) is 0 Å². The van der Waals surface area contributed by atoms with Gasteiger partial charge in [0.2, 0.25) is 0 Å². The van der Waals surface area contributed by atoms with E-state index in [1.807, 2.05) is 0 Å². The second-order valence-electron chi connectivity index (χ2n) is 6.00. The number of benzene rings is 1. The lowest BCUT2D eigenvalue weighted by Gasteiger charge is -2.10. The molecule has 1 aliphatic rings. The van der Waals surface area contributed by atoms with Gasteiger partial charge in [-0.25, -0.2) is 0 Å². The van der Waals surface area contributed by atoms with Gasteiger partial charge in [-0.15, -0.1) is 0 Å². The number of hydrogen-bond acceptors (Lipinski definition) is 3. The first kappa shape index (κ1) is 15.5. The zero-order valence-corrected chi connectivity index (χ0v) is 12.9. The summed E-state index contributed by atoms with van der Waals surface area (Å²) < 4.78 is 5.69. The van der Waals surface area contributed by atoms with Crippen molar-refractivity contribution in [3.05, 3.63) is 35.4 Å². The van der Waals surface area contributed by atoms with Crippen molar-refractivity contribution in [1.29, 1.82) is 0 Å². The summed E-state index contributed by atoms with van der Waals surface area (Å²) in [5.41, 5.74) is 2.68. The van der Waals surface area contributed by atoms with Crippen LogP contribution >= 0.6 is 0 Å².